The van der Waals surface area contributed by atoms with Crippen LogP contribution in [-0.2, 0) is 16.0 Å². The number of hydrogen-bond acceptors (Lipinski definition) is 4. The van der Waals surface area contributed by atoms with E-state index in [1.165, 1.54) is 17.0 Å². The van der Waals surface area contributed by atoms with Gasteiger partial charge in [-0.25, -0.2) is 0 Å². The van der Waals surface area contributed by atoms with Gasteiger partial charge in [0.05, 0.1) is 6.04 Å². The Bertz CT molecular complexity index is 486. The first kappa shape index (κ1) is 13.4. The van der Waals surface area contributed by atoms with Gasteiger partial charge in [0.15, 0.2) is 0 Å². The van der Waals surface area contributed by atoms with Crippen LogP contribution in [0.4, 0.5) is 0 Å². The van der Waals surface area contributed by atoms with Crippen LogP contribution >= 0.6 is 0 Å². The summed E-state index contributed by atoms with van der Waals surface area (Å²) in [4.78, 5) is 24.8. The molecule has 19 heavy (non-hydrogen) atoms. The normalized spacial score (nSPS) is 20.6. The molecule has 0 bridgehead atoms. The van der Waals surface area contributed by atoms with Gasteiger partial charge in [-0.15, -0.1) is 0 Å². The number of amides is 2. The molecule has 2 amide bonds. The first-order valence-electron chi connectivity index (χ1n) is 6.12. The zero-order valence-electron chi connectivity index (χ0n) is 10.5. The average Bonchev–Trinajstić information content (AvgIpc) is 2.69. The molecule has 1 aliphatic rings. The molecular formula is C13H17N3O3. The van der Waals surface area contributed by atoms with Crippen LogP contribution < -0.4 is 11.5 Å². The van der Waals surface area contributed by atoms with Crippen molar-refractivity contribution in [3.8, 4) is 5.75 Å². The highest BCUT2D eigenvalue weighted by Gasteiger charge is 2.36. The van der Waals surface area contributed by atoms with Crippen molar-refractivity contribution in [2.24, 2.45) is 11.5 Å². The molecule has 2 atom stereocenters. The predicted molar refractivity (Wildman–Crippen MR) is 69.1 cm³/mol. The number of phenolic OH excluding ortho intramolecular Hbond substituents is 1. The summed E-state index contributed by atoms with van der Waals surface area (Å²) < 4.78 is 0. The fraction of sp³-hybridized carbons (Fsp3) is 0.385. The van der Waals surface area contributed by atoms with E-state index in [1.807, 2.05) is 0 Å². The van der Waals surface area contributed by atoms with E-state index in [4.69, 9.17) is 11.5 Å². The molecule has 6 heteroatoms. The maximum Gasteiger partial charge on any atom is 0.240 e. The van der Waals surface area contributed by atoms with Crippen molar-refractivity contribution in [2.75, 3.05) is 6.54 Å². The summed E-state index contributed by atoms with van der Waals surface area (Å²) >= 11 is 0. The van der Waals surface area contributed by atoms with E-state index in [-0.39, 0.29) is 11.7 Å². The molecule has 1 aromatic carbocycles. The SMILES string of the molecule is NC(=O)[C@@H](Cc1ccc(O)cc1)N1CC[C@@H](N)C1=O. The average molecular weight is 263 g/mol. The summed E-state index contributed by atoms with van der Waals surface area (Å²) in [6, 6.07) is 5.24. The Hall–Kier alpha value is -2.08. The number of rotatable bonds is 4. The standard InChI is InChI=1S/C13H17N3O3/c14-10-5-6-16(13(10)19)11(12(15)18)7-8-1-3-9(17)4-2-8/h1-4,10-11,17H,5-7,14H2,(H2,15,18)/t10-,11-/m1/s1. The lowest BCUT2D eigenvalue weighted by Gasteiger charge is -2.25. The number of carbonyl (C=O) groups is 2. The minimum atomic E-state index is -0.689. The summed E-state index contributed by atoms with van der Waals surface area (Å²) in [5, 5.41) is 9.22. The number of carbonyl (C=O) groups excluding carboxylic acids is 2. The number of benzene rings is 1. The number of primary amides is 1. The Labute approximate surface area is 111 Å². The fourth-order valence-corrected chi connectivity index (χ4v) is 2.25. The Kier molecular flexibility index (Phi) is 3.71. The van der Waals surface area contributed by atoms with Gasteiger partial charge in [-0.05, 0) is 24.1 Å². The molecular weight excluding hydrogens is 246 g/mol. The van der Waals surface area contributed by atoms with Crippen molar-refractivity contribution in [1.29, 1.82) is 0 Å². The van der Waals surface area contributed by atoms with Gasteiger partial charge < -0.3 is 21.5 Å². The van der Waals surface area contributed by atoms with Crippen molar-refractivity contribution >= 4 is 11.8 Å². The Balaban J connectivity index is 2.15. The lowest BCUT2D eigenvalue weighted by Crippen LogP contribution is -2.48. The third-order valence-corrected chi connectivity index (χ3v) is 3.35. The quantitative estimate of drug-likeness (QED) is 0.670. The van der Waals surface area contributed by atoms with Crippen LogP contribution in [0.1, 0.15) is 12.0 Å². The number of nitrogens with two attached hydrogens (primary N) is 2. The molecule has 6 nitrogen and oxygen atoms in total. The van der Waals surface area contributed by atoms with Gasteiger partial charge in [-0.3, -0.25) is 9.59 Å². The molecule has 102 valence electrons. The third kappa shape index (κ3) is 2.85. The monoisotopic (exact) mass is 263 g/mol. The van der Waals surface area contributed by atoms with E-state index in [9.17, 15) is 14.7 Å². The second-order valence-electron chi connectivity index (χ2n) is 4.72. The number of nitrogens with zero attached hydrogens (tertiary/aromatic N) is 1. The zero-order valence-corrected chi connectivity index (χ0v) is 10.5. The molecule has 0 unspecified atom stereocenters. The van der Waals surface area contributed by atoms with Gasteiger partial charge in [0, 0.05) is 13.0 Å². The summed E-state index contributed by atoms with van der Waals surface area (Å²) in [5.41, 5.74) is 11.9. The second-order valence-corrected chi connectivity index (χ2v) is 4.72. The van der Waals surface area contributed by atoms with Crippen LogP contribution in [0.15, 0.2) is 24.3 Å². The van der Waals surface area contributed by atoms with E-state index in [2.05, 4.69) is 0 Å². The van der Waals surface area contributed by atoms with E-state index in [0.717, 1.165) is 5.56 Å². The highest BCUT2D eigenvalue weighted by Crippen LogP contribution is 2.18. The number of aromatic hydroxyl groups is 1. The fourth-order valence-electron chi connectivity index (χ4n) is 2.25. The molecule has 0 aliphatic carbocycles. The predicted octanol–water partition coefficient (Wildman–Crippen LogP) is -0.652. The molecule has 5 N–H and O–H groups in total. The van der Waals surface area contributed by atoms with E-state index in [1.54, 1.807) is 12.1 Å². The maximum atomic E-state index is 11.8. The van der Waals surface area contributed by atoms with Crippen LogP contribution in [0.5, 0.6) is 5.75 Å². The molecule has 1 saturated heterocycles. The van der Waals surface area contributed by atoms with E-state index >= 15 is 0 Å². The lowest BCUT2D eigenvalue weighted by molar-refractivity contribution is -0.136. The smallest absolute Gasteiger partial charge is 0.240 e. The third-order valence-electron chi connectivity index (χ3n) is 3.35. The van der Waals surface area contributed by atoms with E-state index < -0.39 is 18.0 Å². The maximum absolute atomic E-state index is 11.8. The van der Waals surface area contributed by atoms with Crippen LogP contribution in [0.25, 0.3) is 0 Å². The first-order valence-corrected chi connectivity index (χ1v) is 6.12. The van der Waals surface area contributed by atoms with Gasteiger partial charge in [-0.1, -0.05) is 12.1 Å². The van der Waals surface area contributed by atoms with Gasteiger partial charge in [-0.2, -0.15) is 0 Å². The molecule has 0 aromatic heterocycles. The molecule has 1 aromatic rings. The van der Waals surface area contributed by atoms with Gasteiger partial charge in [0.1, 0.15) is 11.8 Å². The summed E-state index contributed by atoms with van der Waals surface area (Å²) in [7, 11) is 0. The van der Waals surface area contributed by atoms with Crippen LogP contribution in [0.3, 0.4) is 0 Å². The molecule has 1 heterocycles. The topological polar surface area (TPSA) is 110 Å². The Morgan fingerprint density at radius 2 is 2.05 bits per heavy atom. The van der Waals surface area contributed by atoms with Crippen LogP contribution in [0, 0.1) is 0 Å². The molecule has 1 fully saturated rings. The van der Waals surface area contributed by atoms with Gasteiger partial charge in [0.25, 0.3) is 0 Å². The van der Waals surface area contributed by atoms with Gasteiger partial charge >= 0.3 is 0 Å². The lowest BCUT2D eigenvalue weighted by atomic mass is 10.0. The Morgan fingerprint density at radius 3 is 2.53 bits per heavy atom. The first-order chi connectivity index (χ1) is 8.99. The van der Waals surface area contributed by atoms with E-state index in [0.29, 0.717) is 19.4 Å². The van der Waals surface area contributed by atoms with Crippen LogP contribution in [-0.4, -0.2) is 40.4 Å². The summed E-state index contributed by atoms with van der Waals surface area (Å²) in [6.07, 6.45) is 0.867. The minimum absolute atomic E-state index is 0.152. The summed E-state index contributed by atoms with van der Waals surface area (Å²) in [6.45, 7) is 0.450. The highest BCUT2D eigenvalue weighted by atomic mass is 16.3. The largest absolute Gasteiger partial charge is 0.508 e. The molecule has 0 saturated carbocycles. The summed E-state index contributed by atoms with van der Waals surface area (Å²) in [5.74, 6) is -0.628. The molecule has 1 aliphatic heterocycles. The second kappa shape index (κ2) is 5.27. The highest BCUT2D eigenvalue weighted by molar-refractivity contribution is 5.90. The van der Waals surface area contributed by atoms with Gasteiger partial charge in [0.2, 0.25) is 11.8 Å². The Morgan fingerprint density at radius 1 is 1.42 bits per heavy atom. The number of phenols is 1. The van der Waals surface area contributed by atoms with Crippen molar-refractivity contribution in [3.63, 3.8) is 0 Å². The van der Waals surface area contributed by atoms with Crippen molar-refractivity contribution in [2.45, 2.75) is 24.9 Å². The van der Waals surface area contributed by atoms with Crippen molar-refractivity contribution in [1.82, 2.24) is 4.90 Å². The minimum Gasteiger partial charge on any atom is -0.508 e. The van der Waals surface area contributed by atoms with Crippen molar-refractivity contribution in [3.05, 3.63) is 29.8 Å². The van der Waals surface area contributed by atoms with Crippen molar-refractivity contribution < 1.29 is 14.7 Å². The molecule has 2 rings (SSSR count). The number of likely N-dealkylation sites (tertiary alicyclic amines) is 1. The number of hydrogen-bond donors (Lipinski definition) is 3. The molecule has 0 radical (unpaired) electrons. The zero-order chi connectivity index (χ0) is 14.0. The van der Waals surface area contributed by atoms with Crippen LogP contribution in [0.2, 0.25) is 0 Å². The molecule has 0 spiro atoms.